The normalized spacial score (nSPS) is 22.0. The predicted molar refractivity (Wildman–Crippen MR) is 96.7 cm³/mol. The van der Waals surface area contributed by atoms with Gasteiger partial charge in [0.1, 0.15) is 6.04 Å². The second-order valence-electron chi connectivity index (χ2n) is 6.54. The number of amides is 3. The van der Waals surface area contributed by atoms with Crippen molar-refractivity contribution in [2.24, 2.45) is 0 Å². The van der Waals surface area contributed by atoms with E-state index in [4.69, 9.17) is 9.47 Å². The van der Waals surface area contributed by atoms with Crippen LogP contribution in [0.5, 0.6) is 0 Å². The third-order valence-corrected chi connectivity index (χ3v) is 4.90. The zero-order valence-electron chi connectivity index (χ0n) is 15.2. The molecule has 0 saturated carbocycles. The van der Waals surface area contributed by atoms with Gasteiger partial charge in [0.15, 0.2) is 0 Å². The topological polar surface area (TPSA) is 71.1 Å². The Hall–Kier alpha value is -2.12. The van der Waals surface area contributed by atoms with E-state index >= 15 is 0 Å². The van der Waals surface area contributed by atoms with Crippen molar-refractivity contribution in [3.05, 3.63) is 35.9 Å². The molecular weight excluding hydrogens is 334 g/mol. The van der Waals surface area contributed by atoms with Gasteiger partial charge >= 0.3 is 6.03 Å². The van der Waals surface area contributed by atoms with Gasteiger partial charge in [-0.1, -0.05) is 37.3 Å². The number of rotatable bonds is 4. The van der Waals surface area contributed by atoms with E-state index in [9.17, 15) is 9.59 Å². The van der Waals surface area contributed by atoms with Crippen LogP contribution in [0.2, 0.25) is 0 Å². The summed E-state index contributed by atoms with van der Waals surface area (Å²) in [6.45, 7) is 5.65. The van der Waals surface area contributed by atoms with E-state index in [1.165, 1.54) is 0 Å². The molecular formula is C19H27N3O4. The van der Waals surface area contributed by atoms with Crippen LogP contribution in [0.4, 0.5) is 4.79 Å². The van der Waals surface area contributed by atoms with Crippen molar-refractivity contribution in [2.75, 3.05) is 46.1 Å². The van der Waals surface area contributed by atoms with Crippen molar-refractivity contribution < 1.29 is 19.1 Å². The smallest absolute Gasteiger partial charge is 0.318 e. The number of morpholine rings is 2. The standard InChI is InChI=1S/C19H27N3O4/c1-2-16(18(23)21-8-11-25-12-9-21)20-19(24)22-10-13-26-14-17(22)15-6-4-3-5-7-15/h3-7,16-17H,2,8-14H2,1H3,(H,20,24). The molecule has 2 fully saturated rings. The minimum Gasteiger partial charge on any atom is -0.378 e. The molecule has 2 aliphatic heterocycles. The third kappa shape index (κ3) is 4.34. The van der Waals surface area contributed by atoms with Gasteiger partial charge in [-0.15, -0.1) is 0 Å². The van der Waals surface area contributed by atoms with Crippen LogP contribution in [0.1, 0.15) is 24.9 Å². The van der Waals surface area contributed by atoms with Crippen molar-refractivity contribution >= 4 is 11.9 Å². The van der Waals surface area contributed by atoms with Crippen molar-refractivity contribution in [3.8, 4) is 0 Å². The Morgan fingerprint density at radius 1 is 1.12 bits per heavy atom. The lowest BCUT2D eigenvalue weighted by Crippen LogP contribution is -2.56. The second kappa shape index (κ2) is 9.00. The molecule has 2 unspecified atom stereocenters. The van der Waals surface area contributed by atoms with Crippen molar-refractivity contribution in [3.63, 3.8) is 0 Å². The van der Waals surface area contributed by atoms with E-state index in [1.807, 2.05) is 37.3 Å². The number of carbonyl (C=O) groups is 2. The molecule has 26 heavy (non-hydrogen) atoms. The molecule has 0 bridgehead atoms. The van der Waals surface area contributed by atoms with E-state index in [1.54, 1.807) is 9.80 Å². The van der Waals surface area contributed by atoms with Gasteiger partial charge < -0.3 is 24.6 Å². The summed E-state index contributed by atoms with van der Waals surface area (Å²) in [4.78, 5) is 29.2. The fourth-order valence-electron chi connectivity index (χ4n) is 3.37. The predicted octanol–water partition coefficient (Wildman–Crippen LogP) is 1.41. The first-order valence-electron chi connectivity index (χ1n) is 9.27. The van der Waals surface area contributed by atoms with E-state index in [0.29, 0.717) is 52.5 Å². The van der Waals surface area contributed by atoms with Crippen LogP contribution in [0.3, 0.4) is 0 Å². The maximum atomic E-state index is 12.9. The monoisotopic (exact) mass is 361 g/mol. The highest BCUT2D eigenvalue weighted by Gasteiger charge is 2.32. The van der Waals surface area contributed by atoms with Gasteiger partial charge in [-0.2, -0.15) is 0 Å². The minimum atomic E-state index is -0.514. The molecule has 0 radical (unpaired) electrons. The second-order valence-corrected chi connectivity index (χ2v) is 6.54. The molecule has 2 heterocycles. The van der Waals surface area contributed by atoms with E-state index in [0.717, 1.165) is 5.56 Å². The fraction of sp³-hybridized carbons (Fsp3) is 0.579. The Bertz CT molecular complexity index is 604. The summed E-state index contributed by atoms with van der Waals surface area (Å²) in [7, 11) is 0. The molecule has 0 spiro atoms. The van der Waals surface area contributed by atoms with Crippen LogP contribution in [0.25, 0.3) is 0 Å². The number of hydrogen-bond acceptors (Lipinski definition) is 4. The molecule has 0 aromatic heterocycles. The molecule has 7 nitrogen and oxygen atoms in total. The first-order valence-corrected chi connectivity index (χ1v) is 9.27. The molecule has 142 valence electrons. The summed E-state index contributed by atoms with van der Waals surface area (Å²) in [6, 6.07) is 8.99. The summed E-state index contributed by atoms with van der Waals surface area (Å²) >= 11 is 0. The highest BCUT2D eigenvalue weighted by molar-refractivity contribution is 5.87. The number of carbonyl (C=O) groups excluding carboxylic acids is 2. The van der Waals surface area contributed by atoms with E-state index in [2.05, 4.69) is 5.32 Å². The highest BCUT2D eigenvalue weighted by Crippen LogP contribution is 2.24. The number of nitrogens with one attached hydrogen (secondary N) is 1. The number of hydrogen-bond donors (Lipinski definition) is 1. The first kappa shape index (κ1) is 18.7. The van der Waals surface area contributed by atoms with Crippen LogP contribution in [-0.4, -0.2) is 73.8 Å². The van der Waals surface area contributed by atoms with E-state index in [-0.39, 0.29) is 18.0 Å². The average Bonchev–Trinajstić information content (AvgIpc) is 2.72. The molecule has 1 aromatic rings. The Labute approximate surface area is 154 Å². The highest BCUT2D eigenvalue weighted by atomic mass is 16.5. The molecule has 2 aliphatic rings. The summed E-state index contributed by atoms with van der Waals surface area (Å²) in [6.07, 6.45) is 0.558. The average molecular weight is 361 g/mol. The summed E-state index contributed by atoms with van der Waals surface area (Å²) in [5, 5.41) is 2.93. The maximum absolute atomic E-state index is 12.9. The van der Waals surface area contributed by atoms with Gasteiger partial charge in [0, 0.05) is 19.6 Å². The van der Waals surface area contributed by atoms with Crippen molar-refractivity contribution in [1.29, 1.82) is 0 Å². The van der Waals surface area contributed by atoms with Gasteiger partial charge in [-0.25, -0.2) is 4.79 Å². The lowest BCUT2D eigenvalue weighted by molar-refractivity contribution is -0.137. The van der Waals surface area contributed by atoms with Gasteiger partial charge in [0.2, 0.25) is 5.91 Å². The zero-order chi connectivity index (χ0) is 18.4. The molecule has 7 heteroatoms. The molecule has 2 atom stereocenters. The lowest BCUT2D eigenvalue weighted by atomic mass is 10.1. The van der Waals surface area contributed by atoms with Gasteiger partial charge in [0.25, 0.3) is 0 Å². The summed E-state index contributed by atoms with van der Waals surface area (Å²) in [5.41, 5.74) is 1.04. The SMILES string of the molecule is CCC(NC(=O)N1CCOCC1c1ccccc1)C(=O)N1CCOCC1. The van der Waals surface area contributed by atoms with Gasteiger partial charge in [0.05, 0.1) is 32.5 Å². The van der Waals surface area contributed by atoms with Gasteiger partial charge in [-0.3, -0.25) is 4.79 Å². The molecule has 2 saturated heterocycles. The van der Waals surface area contributed by atoms with E-state index < -0.39 is 6.04 Å². The molecule has 1 aromatic carbocycles. The van der Waals surface area contributed by atoms with Crippen LogP contribution < -0.4 is 5.32 Å². The molecule has 0 aliphatic carbocycles. The largest absolute Gasteiger partial charge is 0.378 e. The number of urea groups is 1. The van der Waals surface area contributed by atoms with Crippen LogP contribution in [0.15, 0.2) is 30.3 Å². The van der Waals surface area contributed by atoms with Crippen LogP contribution >= 0.6 is 0 Å². The molecule has 3 amide bonds. The van der Waals surface area contributed by atoms with Crippen molar-refractivity contribution in [2.45, 2.75) is 25.4 Å². The van der Waals surface area contributed by atoms with Crippen LogP contribution in [0, 0.1) is 0 Å². The van der Waals surface area contributed by atoms with Gasteiger partial charge in [-0.05, 0) is 12.0 Å². The third-order valence-electron chi connectivity index (χ3n) is 4.90. The van der Waals surface area contributed by atoms with Crippen molar-refractivity contribution in [1.82, 2.24) is 15.1 Å². The maximum Gasteiger partial charge on any atom is 0.318 e. The Morgan fingerprint density at radius 3 is 2.50 bits per heavy atom. The summed E-state index contributed by atoms with van der Waals surface area (Å²) < 4.78 is 10.9. The molecule has 1 N–H and O–H groups in total. The Balaban J connectivity index is 1.66. The number of benzene rings is 1. The Kier molecular flexibility index (Phi) is 6.46. The first-order chi connectivity index (χ1) is 12.7. The van der Waals surface area contributed by atoms with Crippen LogP contribution in [-0.2, 0) is 14.3 Å². The molecule has 3 rings (SSSR count). The fourth-order valence-corrected chi connectivity index (χ4v) is 3.37. The Morgan fingerprint density at radius 2 is 1.81 bits per heavy atom. The number of nitrogens with zero attached hydrogens (tertiary/aromatic N) is 2. The quantitative estimate of drug-likeness (QED) is 0.880. The summed E-state index contributed by atoms with van der Waals surface area (Å²) in [5.74, 6) is -0.0336. The zero-order valence-corrected chi connectivity index (χ0v) is 15.2. The lowest BCUT2D eigenvalue weighted by Gasteiger charge is -2.37. The number of ether oxygens (including phenoxy) is 2. The minimum absolute atomic E-state index is 0.0336.